The molecule has 2 aromatic rings. The summed E-state index contributed by atoms with van der Waals surface area (Å²) in [7, 11) is 0. The van der Waals surface area contributed by atoms with Crippen LogP contribution in [0.5, 0.6) is 11.5 Å². The highest BCUT2D eigenvalue weighted by molar-refractivity contribution is 9.10. The van der Waals surface area contributed by atoms with Gasteiger partial charge in [0.05, 0.1) is 6.54 Å². The van der Waals surface area contributed by atoms with Gasteiger partial charge >= 0.3 is 0 Å². The predicted octanol–water partition coefficient (Wildman–Crippen LogP) is 3.42. The average molecular weight is 359 g/mol. The van der Waals surface area contributed by atoms with E-state index in [2.05, 4.69) is 32.3 Å². The molecule has 4 nitrogen and oxygen atoms in total. The summed E-state index contributed by atoms with van der Waals surface area (Å²) in [6, 6.07) is 10.9. The van der Waals surface area contributed by atoms with Crippen molar-refractivity contribution in [3.8, 4) is 11.5 Å². The minimum Gasteiger partial charge on any atom is -0.504 e. The van der Waals surface area contributed by atoms with Crippen LogP contribution in [-0.2, 0) is 6.54 Å². The topological polar surface area (TPSA) is 64.8 Å². The third-order valence-electron chi connectivity index (χ3n) is 3.48. The lowest BCUT2D eigenvalue weighted by Crippen LogP contribution is -2.09. The Morgan fingerprint density at radius 2 is 2.00 bits per heavy atom. The maximum atomic E-state index is 9.49. The highest BCUT2D eigenvalue weighted by Crippen LogP contribution is 2.26. The molecule has 0 saturated heterocycles. The van der Waals surface area contributed by atoms with Gasteiger partial charge in [0.25, 0.3) is 0 Å². The molecular weight excluding hydrogens is 344 g/mol. The Balaban J connectivity index is 1.75. The lowest BCUT2D eigenvalue weighted by Gasteiger charge is -2.14. The van der Waals surface area contributed by atoms with Crippen molar-refractivity contribution in [2.24, 2.45) is 4.99 Å². The molecule has 3 rings (SSSR count). The number of benzene rings is 2. The number of phenolic OH excluding ortho intramolecular Hbond substituents is 2. The number of fused-ring (bicyclic) bond motifs is 1. The second-order valence-electron chi connectivity index (χ2n) is 5.07. The molecule has 0 spiro atoms. The van der Waals surface area contributed by atoms with Gasteiger partial charge < -0.3 is 15.5 Å². The summed E-state index contributed by atoms with van der Waals surface area (Å²) in [5, 5.41) is 22.0. The number of nitrogens with one attached hydrogen (secondary N) is 1. The van der Waals surface area contributed by atoms with Crippen molar-refractivity contribution < 1.29 is 10.2 Å². The highest BCUT2D eigenvalue weighted by Gasteiger charge is 2.11. The molecule has 1 aliphatic rings. The number of phenols is 2. The fourth-order valence-electron chi connectivity index (χ4n) is 2.34. The van der Waals surface area contributed by atoms with Crippen LogP contribution in [0.1, 0.15) is 16.7 Å². The molecule has 0 atom stereocenters. The van der Waals surface area contributed by atoms with E-state index in [1.807, 2.05) is 24.5 Å². The van der Waals surface area contributed by atoms with Crippen molar-refractivity contribution in [2.45, 2.75) is 6.54 Å². The SMILES string of the molecule is Oc1ccc(CN/C=C2\CN=Cc3ccc(Br)cc32)cc1O. The second-order valence-corrected chi connectivity index (χ2v) is 5.99. The van der Waals surface area contributed by atoms with Crippen molar-refractivity contribution in [3.05, 3.63) is 63.8 Å². The Morgan fingerprint density at radius 3 is 2.82 bits per heavy atom. The average Bonchev–Trinajstić information content (AvgIpc) is 2.51. The molecule has 0 aromatic heterocycles. The molecule has 0 aliphatic carbocycles. The fourth-order valence-corrected chi connectivity index (χ4v) is 2.70. The molecule has 0 saturated carbocycles. The minimum absolute atomic E-state index is 0.108. The van der Waals surface area contributed by atoms with Gasteiger partial charge in [-0.25, -0.2) is 0 Å². The van der Waals surface area contributed by atoms with Gasteiger partial charge in [-0.2, -0.15) is 0 Å². The van der Waals surface area contributed by atoms with Crippen LogP contribution in [-0.4, -0.2) is 23.0 Å². The van der Waals surface area contributed by atoms with Gasteiger partial charge in [-0.15, -0.1) is 0 Å². The number of halogens is 1. The van der Waals surface area contributed by atoms with Crippen LogP contribution in [0.2, 0.25) is 0 Å². The van der Waals surface area contributed by atoms with Gasteiger partial charge in [0.15, 0.2) is 11.5 Å². The largest absolute Gasteiger partial charge is 0.504 e. The molecule has 5 heteroatoms. The fraction of sp³-hybridized carbons (Fsp3) is 0.118. The Bertz CT molecular complexity index is 769. The number of nitrogens with zero attached hydrogens (tertiary/aromatic N) is 1. The van der Waals surface area contributed by atoms with Gasteiger partial charge in [0.1, 0.15) is 0 Å². The van der Waals surface area contributed by atoms with Crippen LogP contribution in [0.3, 0.4) is 0 Å². The van der Waals surface area contributed by atoms with Crippen LogP contribution in [0.25, 0.3) is 5.57 Å². The number of hydrogen-bond acceptors (Lipinski definition) is 4. The zero-order chi connectivity index (χ0) is 15.5. The molecule has 0 fully saturated rings. The first-order chi connectivity index (χ1) is 10.6. The summed E-state index contributed by atoms with van der Waals surface area (Å²) in [6.07, 6.45) is 3.84. The van der Waals surface area contributed by atoms with Crippen LogP contribution < -0.4 is 5.32 Å². The van der Waals surface area contributed by atoms with Crippen molar-refractivity contribution in [1.82, 2.24) is 5.32 Å². The standard InChI is InChI=1S/C17H15BrN2O2/c18-14-3-2-12-8-20-10-13(15(12)6-14)9-19-7-11-1-4-16(21)17(22)5-11/h1-6,8-9,19,21-22H,7,10H2/b13-9+. The second kappa shape index (κ2) is 6.23. The van der Waals surface area contributed by atoms with E-state index in [4.69, 9.17) is 0 Å². The number of aliphatic imine (C=N–C) groups is 1. The van der Waals surface area contributed by atoms with Crippen LogP contribution in [0.4, 0.5) is 0 Å². The van der Waals surface area contributed by atoms with Crippen molar-refractivity contribution in [2.75, 3.05) is 6.54 Å². The monoisotopic (exact) mass is 358 g/mol. The molecule has 2 aromatic carbocycles. The first-order valence-electron chi connectivity index (χ1n) is 6.86. The van der Waals surface area contributed by atoms with E-state index in [9.17, 15) is 10.2 Å². The summed E-state index contributed by atoms with van der Waals surface area (Å²) in [5.74, 6) is -0.217. The highest BCUT2D eigenvalue weighted by atomic mass is 79.9. The third-order valence-corrected chi connectivity index (χ3v) is 3.97. The predicted molar refractivity (Wildman–Crippen MR) is 91.2 cm³/mol. The van der Waals surface area contributed by atoms with E-state index < -0.39 is 0 Å². The maximum absolute atomic E-state index is 9.49. The summed E-state index contributed by atoms with van der Waals surface area (Å²) in [6.45, 7) is 1.20. The van der Waals surface area contributed by atoms with Crippen molar-refractivity contribution in [3.63, 3.8) is 0 Å². The Kier molecular flexibility index (Phi) is 4.15. The quantitative estimate of drug-likeness (QED) is 0.736. The third kappa shape index (κ3) is 3.14. The molecule has 0 bridgehead atoms. The number of rotatable bonds is 3. The van der Waals surface area contributed by atoms with Crippen LogP contribution >= 0.6 is 15.9 Å². The molecule has 1 heterocycles. The zero-order valence-electron chi connectivity index (χ0n) is 11.8. The Hall–Kier alpha value is -2.27. The molecule has 112 valence electrons. The lowest BCUT2D eigenvalue weighted by molar-refractivity contribution is 0.403. The summed E-state index contributed by atoms with van der Waals surface area (Å²) in [4.78, 5) is 4.36. The van der Waals surface area contributed by atoms with E-state index in [1.165, 1.54) is 6.07 Å². The van der Waals surface area contributed by atoms with E-state index in [0.29, 0.717) is 13.1 Å². The summed E-state index contributed by atoms with van der Waals surface area (Å²) in [5.41, 5.74) is 4.26. The van der Waals surface area contributed by atoms with Gasteiger partial charge in [0.2, 0.25) is 0 Å². The first kappa shape index (κ1) is 14.7. The molecule has 22 heavy (non-hydrogen) atoms. The molecule has 0 radical (unpaired) electrons. The van der Waals surface area contributed by atoms with E-state index in [0.717, 1.165) is 26.7 Å². The summed E-state index contributed by atoms with van der Waals surface area (Å²) >= 11 is 3.49. The smallest absolute Gasteiger partial charge is 0.157 e. The first-order valence-corrected chi connectivity index (χ1v) is 7.66. The molecule has 0 amide bonds. The van der Waals surface area contributed by atoms with E-state index >= 15 is 0 Å². The number of hydrogen-bond donors (Lipinski definition) is 3. The Labute approximate surface area is 137 Å². The number of aromatic hydroxyl groups is 2. The van der Waals surface area contributed by atoms with E-state index in [-0.39, 0.29) is 11.5 Å². The van der Waals surface area contributed by atoms with Crippen LogP contribution in [0.15, 0.2) is 52.1 Å². The van der Waals surface area contributed by atoms with Crippen molar-refractivity contribution in [1.29, 1.82) is 0 Å². The minimum atomic E-state index is -0.109. The summed E-state index contributed by atoms with van der Waals surface area (Å²) < 4.78 is 1.04. The molecule has 1 aliphatic heterocycles. The lowest BCUT2D eigenvalue weighted by atomic mass is 9.99. The van der Waals surface area contributed by atoms with Crippen LogP contribution in [0, 0.1) is 0 Å². The van der Waals surface area contributed by atoms with Gasteiger partial charge in [-0.1, -0.05) is 28.1 Å². The van der Waals surface area contributed by atoms with Gasteiger partial charge in [-0.05, 0) is 46.5 Å². The van der Waals surface area contributed by atoms with Gasteiger partial charge in [-0.3, -0.25) is 4.99 Å². The normalized spacial score (nSPS) is 14.9. The molecule has 0 unspecified atom stereocenters. The van der Waals surface area contributed by atoms with Crippen molar-refractivity contribution >= 4 is 27.7 Å². The maximum Gasteiger partial charge on any atom is 0.157 e. The zero-order valence-corrected chi connectivity index (χ0v) is 13.3. The molecule has 3 N–H and O–H groups in total. The molecular formula is C17H15BrN2O2. The Morgan fingerprint density at radius 1 is 1.14 bits per heavy atom. The van der Waals surface area contributed by atoms with Gasteiger partial charge in [0, 0.05) is 23.4 Å². The van der Waals surface area contributed by atoms with E-state index in [1.54, 1.807) is 12.1 Å².